The highest BCUT2D eigenvalue weighted by Crippen LogP contribution is 2.38. The van der Waals surface area contributed by atoms with Gasteiger partial charge in [-0.15, -0.1) is 0 Å². The van der Waals surface area contributed by atoms with Crippen molar-refractivity contribution in [3.05, 3.63) is 10.6 Å². The van der Waals surface area contributed by atoms with Crippen molar-refractivity contribution in [2.75, 3.05) is 0 Å². The van der Waals surface area contributed by atoms with Crippen LogP contribution in [-0.2, 0) is 9.84 Å². The average Bonchev–Trinajstić information content (AvgIpc) is 1.97. The maximum absolute atomic E-state index is 11.8. The molecule has 8 heteroatoms. The van der Waals surface area contributed by atoms with Gasteiger partial charge < -0.3 is 10.8 Å². The van der Waals surface area contributed by atoms with Crippen LogP contribution in [0.2, 0.25) is 0 Å². The Balaban J connectivity index is 3.13. The molecule has 0 aromatic carbocycles. The maximum Gasteiger partial charge on any atom is 0.501 e. The van der Waals surface area contributed by atoms with Crippen molar-refractivity contribution in [1.29, 1.82) is 0 Å². The molecule has 0 aromatic heterocycles. The largest absolute Gasteiger partial charge is 0.501 e. The number of halogens is 3. The zero-order valence-corrected chi connectivity index (χ0v) is 6.98. The number of sulfone groups is 1. The molecule has 0 saturated heterocycles. The van der Waals surface area contributed by atoms with Gasteiger partial charge in [-0.3, -0.25) is 0 Å². The summed E-state index contributed by atoms with van der Waals surface area (Å²) in [7, 11) is -5.33. The second kappa shape index (κ2) is 2.61. The molecule has 1 rings (SSSR count). The molecule has 4 nitrogen and oxygen atoms in total. The zero-order chi connectivity index (χ0) is 10.4. The van der Waals surface area contributed by atoms with Crippen LogP contribution in [0.3, 0.4) is 0 Å². The molecule has 0 saturated carbocycles. The van der Waals surface area contributed by atoms with E-state index in [0.29, 0.717) is 0 Å². The number of hydrogen-bond acceptors (Lipinski definition) is 4. The minimum Gasteiger partial charge on any atom is -0.399 e. The molecule has 1 aliphatic carbocycles. The van der Waals surface area contributed by atoms with E-state index in [1.165, 1.54) is 0 Å². The molecule has 0 aliphatic heterocycles. The van der Waals surface area contributed by atoms with Crippen LogP contribution in [0.15, 0.2) is 10.6 Å². The lowest BCUT2D eigenvalue weighted by Gasteiger charge is -2.26. The summed E-state index contributed by atoms with van der Waals surface area (Å²) >= 11 is 0. The Morgan fingerprint density at radius 2 is 1.92 bits per heavy atom. The van der Waals surface area contributed by atoms with Gasteiger partial charge in [-0.05, 0) is 0 Å². The van der Waals surface area contributed by atoms with Gasteiger partial charge in [-0.25, -0.2) is 8.42 Å². The minimum absolute atomic E-state index is 0.562. The molecular formula is C5H6F3NO3S. The molecule has 76 valence electrons. The van der Waals surface area contributed by atoms with Crippen molar-refractivity contribution in [2.45, 2.75) is 18.0 Å². The minimum atomic E-state index is -5.34. The van der Waals surface area contributed by atoms with Gasteiger partial charge in [0.05, 0.1) is 16.7 Å². The van der Waals surface area contributed by atoms with Crippen LogP contribution >= 0.6 is 0 Å². The van der Waals surface area contributed by atoms with Gasteiger partial charge in [0.2, 0.25) is 0 Å². The highest BCUT2D eigenvalue weighted by Gasteiger charge is 2.52. The molecule has 3 N–H and O–H groups in total. The fourth-order valence-electron chi connectivity index (χ4n) is 0.863. The van der Waals surface area contributed by atoms with E-state index in [9.17, 15) is 21.6 Å². The Labute approximate surface area is 71.8 Å². The quantitative estimate of drug-likeness (QED) is 0.640. The molecule has 0 heterocycles. The SMILES string of the molecule is NC1=C(S(=O)(=O)C(F)(F)F)CC1O. The first-order chi connectivity index (χ1) is 5.68. The molecule has 0 amide bonds. The van der Waals surface area contributed by atoms with Gasteiger partial charge in [0.25, 0.3) is 9.84 Å². The van der Waals surface area contributed by atoms with Gasteiger partial charge in [0.1, 0.15) is 0 Å². The molecule has 1 atom stereocenters. The molecule has 13 heavy (non-hydrogen) atoms. The van der Waals surface area contributed by atoms with Crippen LogP contribution < -0.4 is 5.73 Å². The topological polar surface area (TPSA) is 80.4 Å². The number of hydrogen-bond donors (Lipinski definition) is 2. The van der Waals surface area contributed by atoms with E-state index < -0.39 is 38.5 Å². The monoisotopic (exact) mass is 217 g/mol. The average molecular weight is 217 g/mol. The lowest BCUT2D eigenvalue weighted by atomic mass is 10.0. The Bertz CT molecular complexity index is 356. The highest BCUT2D eigenvalue weighted by molar-refractivity contribution is 7.96. The van der Waals surface area contributed by atoms with E-state index in [2.05, 4.69) is 0 Å². The summed E-state index contributed by atoms with van der Waals surface area (Å²) in [6, 6.07) is 0. The fourth-order valence-corrected chi connectivity index (χ4v) is 1.97. The maximum atomic E-state index is 11.8. The summed E-state index contributed by atoms with van der Waals surface area (Å²) in [5.74, 6) is 0. The predicted molar refractivity (Wildman–Crippen MR) is 36.8 cm³/mol. The summed E-state index contributed by atoms with van der Waals surface area (Å²) in [5, 5.41) is 8.70. The van der Waals surface area contributed by atoms with Crippen LogP contribution in [0.5, 0.6) is 0 Å². The van der Waals surface area contributed by atoms with Crippen molar-refractivity contribution < 1.29 is 26.7 Å². The summed E-state index contributed by atoms with van der Waals surface area (Å²) < 4.78 is 56.8. The second-order valence-corrected chi connectivity index (χ2v) is 4.51. The fraction of sp³-hybridized carbons (Fsp3) is 0.600. The van der Waals surface area contributed by atoms with Crippen molar-refractivity contribution in [3.63, 3.8) is 0 Å². The van der Waals surface area contributed by atoms with Crippen molar-refractivity contribution in [1.82, 2.24) is 0 Å². The van der Waals surface area contributed by atoms with Crippen LogP contribution in [0.25, 0.3) is 0 Å². The lowest BCUT2D eigenvalue weighted by Crippen LogP contribution is -2.38. The van der Waals surface area contributed by atoms with Gasteiger partial charge in [-0.2, -0.15) is 13.2 Å². The standard InChI is InChI=1S/C5H6F3NO3S/c6-5(7,8)13(11,12)3-1-2(10)4(3)9/h2,10H,1,9H2. The normalized spacial score (nSPS) is 24.5. The third-order valence-electron chi connectivity index (χ3n) is 1.69. The summed E-state index contributed by atoms with van der Waals surface area (Å²) in [4.78, 5) is -0.924. The molecule has 1 aliphatic rings. The summed E-state index contributed by atoms with van der Waals surface area (Å²) in [5.41, 5.74) is -1.05. The molecule has 0 aromatic rings. The number of rotatable bonds is 1. The Morgan fingerprint density at radius 1 is 1.46 bits per heavy atom. The van der Waals surface area contributed by atoms with Crippen molar-refractivity contribution in [3.8, 4) is 0 Å². The van der Waals surface area contributed by atoms with E-state index in [-0.39, 0.29) is 0 Å². The van der Waals surface area contributed by atoms with E-state index in [1.54, 1.807) is 0 Å². The first-order valence-corrected chi connectivity index (χ1v) is 4.64. The van der Waals surface area contributed by atoms with Crippen LogP contribution in [-0.4, -0.2) is 25.1 Å². The van der Waals surface area contributed by atoms with Gasteiger partial charge in [-0.1, -0.05) is 0 Å². The van der Waals surface area contributed by atoms with E-state index in [4.69, 9.17) is 10.8 Å². The molecule has 0 radical (unpaired) electrons. The third kappa shape index (κ3) is 1.39. The Hall–Kier alpha value is -0.760. The second-order valence-electron chi connectivity index (χ2n) is 2.55. The third-order valence-corrected chi connectivity index (χ3v) is 3.35. The number of aliphatic hydroxyl groups excluding tert-OH is 1. The van der Waals surface area contributed by atoms with Crippen LogP contribution in [0.4, 0.5) is 13.2 Å². The van der Waals surface area contributed by atoms with Gasteiger partial charge in [0.15, 0.2) is 0 Å². The molecule has 0 fully saturated rings. The van der Waals surface area contributed by atoms with Crippen molar-refractivity contribution >= 4 is 9.84 Å². The summed E-state index contributed by atoms with van der Waals surface area (Å²) in [6.07, 6.45) is -1.83. The number of nitrogens with two attached hydrogens (primary N) is 1. The molecule has 1 unspecified atom stereocenters. The smallest absolute Gasteiger partial charge is 0.399 e. The first-order valence-electron chi connectivity index (χ1n) is 3.16. The highest BCUT2D eigenvalue weighted by atomic mass is 32.2. The van der Waals surface area contributed by atoms with Gasteiger partial charge >= 0.3 is 5.51 Å². The molecule has 0 bridgehead atoms. The molecular weight excluding hydrogens is 211 g/mol. The van der Waals surface area contributed by atoms with Crippen LogP contribution in [0, 0.1) is 0 Å². The predicted octanol–water partition coefficient (Wildman–Crippen LogP) is -0.144. The number of aliphatic hydroxyl groups is 1. The Morgan fingerprint density at radius 3 is 2.15 bits per heavy atom. The van der Waals surface area contributed by atoms with E-state index >= 15 is 0 Å². The molecule has 0 spiro atoms. The Kier molecular flexibility index (Phi) is 2.07. The van der Waals surface area contributed by atoms with E-state index in [0.717, 1.165) is 0 Å². The zero-order valence-electron chi connectivity index (χ0n) is 6.17. The first kappa shape index (κ1) is 10.3. The number of alkyl halides is 3. The van der Waals surface area contributed by atoms with Gasteiger partial charge in [0, 0.05) is 6.42 Å². The van der Waals surface area contributed by atoms with E-state index in [1.807, 2.05) is 0 Å². The lowest BCUT2D eigenvalue weighted by molar-refractivity contribution is -0.0431. The summed E-state index contributed by atoms with van der Waals surface area (Å²) in [6.45, 7) is 0. The van der Waals surface area contributed by atoms with Crippen LogP contribution in [0.1, 0.15) is 6.42 Å². The van der Waals surface area contributed by atoms with Crippen molar-refractivity contribution in [2.24, 2.45) is 5.73 Å².